The molecule has 1 aromatic rings. The van der Waals surface area contributed by atoms with Crippen LogP contribution in [0.25, 0.3) is 0 Å². The summed E-state index contributed by atoms with van der Waals surface area (Å²) in [7, 11) is 0. The van der Waals surface area contributed by atoms with Crippen LogP contribution in [-0.2, 0) is 14.4 Å². The lowest BCUT2D eigenvalue weighted by Crippen LogP contribution is -2.45. The number of hydrogen-bond donors (Lipinski definition) is 1. The van der Waals surface area contributed by atoms with Gasteiger partial charge in [0.15, 0.2) is 0 Å². The number of nitrogens with one attached hydrogen (secondary N) is 1. The summed E-state index contributed by atoms with van der Waals surface area (Å²) in [6.07, 6.45) is 1.41. The lowest BCUT2D eigenvalue weighted by molar-refractivity contribution is -0.139. The molecule has 0 unspecified atom stereocenters. The van der Waals surface area contributed by atoms with Crippen LogP contribution in [0.3, 0.4) is 0 Å². The largest absolute Gasteiger partial charge is 0.343 e. The van der Waals surface area contributed by atoms with Crippen molar-refractivity contribution in [1.29, 1.82) is 5.26 Å². The minimum atomic E-state index is -0.331. The third kappa shape index (κ3) is 4.27. The summed E-state index contributed by atoms with van der Waals surface area (Å²) in [6.45, 7) is 3.43. The second-order valence-corrected chi connectivity index (χ2v) is 7.22. The molecule has 0 aliphatic carbocycles. The molecule has 0 radical (unpaired) electrons. The predicted octanol–water partition coefficient (Wildman–Crippen LogP) is 1.23. The number of hydrogen-bond acceptors (Lipinski definition) is 4. The molecule has 2 heterocycles. The summed E-state index contributed by atoms with van der Waals surface area (Å²) >= 11 is 0. The van der Waals surface area contributed by atoms with Crippen molar-refractivity contribution in [1.82, 2.24) is 10.2 Å². The van der Waals surface area contributed by atoms with Gasteiger partial charge in [-0.1, -0.05) is 17.7 Å². The number of carbonyl (C=O) groups excluding carboxylic acids is 3. The molecule has 0 spiro atoms. The van der Waals surface area contributed by atoms with Crippen molar-refractivity contribution >= 4 is 23.4 Å². The molecule has 0 bridgehead atoms. The van der Waals surface area contributed by atoms with E-state index in [2.05, 4.69) is 5.32 Å². The normalized spacial score (nSPS) is 20.4. The van der Waals surface area contributed by atoms with E-state index in [1.165, 1.54) is 0 Å². The van der Waals surface area contributed by atoms with Crippen molar-refractivity contribution in [3.05, 3.63) is 29.8 Å². The quantitative estimate of drug-likeness (QED) is 0.809. The molecule has 7 nitrogen and oxygen atoms in total. The second-order valence-electron chi connectivity index (χ2n) is 7.22. The zero-order valence-corrected chi connectivity index (χ0v) is 15.5. The molecule has 1 N–H and O–H groups in total. The lowest BCUT2D eigenvalue weighted by Gasteiger charge is -2.32. The molecule has 0 saturated carbocycles. The Balaban J connectivity index is 1.55. The minimum absolute atomic E-state index is 0.00570. The van der Waals surface area contributed by atoms with E-state index in [1.807, 2.05) is 37.3 Å². The highest BCUT2D eigenvalue weighted by Crippen LogP contribution is 2.28. The van der Waals surface area contributed by atoms with Crippen LogP contribution in [0.4, 0.5) is 5.69 Å². The van der Waals surface area contributed by atoms with E-state index in [0.29, 0.717) is 32.5 Å². The predicted molar refractivity (Wildman–Crippen MR) is 99.6 cm³/mol. The second kappa shape index (κ2) is 8.21. The van der Waals surface area contributed by atoms with Gasteiger partial charge < -0.3 is 15.1 Å². The first-order valence-electron chi connectivity index (χ1n) is 9.30. The smallest absolute Gasteiger partial charge is 0.228 e. The monoisotopic (exact) mass is 368 g/mol. The summed E-state index contributed by atoms with van der Waals surface area (Å²) in [5.74, 6) is -0.638. The molecule has 2 fully saturated rings. The van der Waals surface area contributed by atoms with Gasteiger partial charge in [-0.25, -0.2) is 0 Å². The average Bonchev–Trinajstić information content (AvgIpc) is 3.08. The van der Waals surface area contributed by atoms with Gasteiger partial charge in [-0.2, -0.15) is 5.26 Å². The van der Waals surface area contributed by atoms with Gasteiger partial charge in [0.25, 0.3) is 0 Å². The molecular formula is C20H24N4O3. The molecule has 2 aliphatic rings. The van der Waals surface area contributed by atoms with Gasteiger partial charge in [0.05, 0.1) is 12.0 Å². The van der Waals surface area contributed by atoms with Gasteiger partial charge >= 0.3 is 0 Å². The van der Waals surface area contributed by atoms with E-state index in [9.17, 15) is 14.4 Å². The third-order valence-corrected chi connectivity index (χ3v) is 5.34. The van der Waals surface area contributed by atoms with E-state index >= 15 is 0 Å². The number of piperidine rings is 1. The van der Waals surface area contributed by atoms with Crippen LogP contribution in [0.1, 0.15) is 24.8 Å². The molecule has 1 aromatic carbocycles. The van der Waals surface area contributed by atoms with Crippen LogP contribution < -0.4 is 10.2 Å². The Bertz CT molecular complexity index is 760. The topological polar surface area (TPSA) is 93.5 Å². The molecular weight excluding hydrogens is 344 g/mol. The Kier molecular flexibility index (Phi) is 5.75. The maximum Gasteiger partial charge on any atom is 0.228 e. The van der Waals surface area contributed by atoms with Crippen LogP contribution in [0.2, 0.25) is 0 Å². The Morgan fingerprint density at radius 2 is 1.85 bits per heavy atom. The Hall–Kier alpha value is -2.88. The summed E-state index contributed by atoms with van der Waals surface area (Å²) < 4.78 is 0. The summed E-state index contributed by atoms with van der Waals surface area (Å²) in [4.78, 5) is 40.6. The fraction of sp³-hybridized carbons (Fsp3) is 0.500. The SMILES string of the molecule is Cc1ccc(N2C[C@@H](C(=O)N3CCC(C(=O)NCC#N)CC3)CC2=O)cc1. The Morgan fingerprint density at radius 1 is 1.19 bits per heavy atom. The van der Waals surface area contributed by atoms with Crippen molar-refractivity contribution in [3.63, 3.8) is 0 Å². The van der Waals surface area contributed by atoms with Gasteiger partial charge in [-0.05, 0) is 31.9 Å². The fourth-order valence-corrected chi connectivity index (χ4v) is 3.74. The molecule has 3 amide bonds. The average molecular weight is 368 g/mol. The standard InChI is InChI=1S/C20H24N4O3/c1-14-2-4-17(5-3-14)24-13-16(12-18(24)25)20(27)23-10-6-15(7-11-23)19(26)22-9-8-21/h2-5,15-16H,6-7,9-13H2,1H3,(H,22,26)/t16-/m0/s1. The van der Waals surface area contributed by atoms with E-state index in [0.717, 1.165) is 11.3 Å². The molecule has 27 heavy (non-hydrogen) atoms. The molecule has 7 heteroatoms. The third-order valence-electron chi connectivity index (χ3n) is 5.34. The van der Waals surface area contributed by atoms with Crippen LogP contribution in [0, 0.1) is 30.1 Å². The maximum atomic E-state index is 12.8. The molecule has 2 saturated heterocycles. The number of carbonyl (C=O) groups is 3. The first-order valence-corrected chi connectivity index (χ1v) is 9.30. The highest BCUT2D eigenvalue weighted by Gasteiger charge is 2.38. The van der Waals surface area contributed by atoms with Gasteiger partial charge in [0.1, 0.15) is 6.54 Å². The van der Waals surface area contributed by atoms with E-state index in [4.69, 9.17) is 5.26 Å². The van der Waals surface area contributed by atoms with Crippen molar-refractivity contribution in [3.8, 4) is 6.07 Å². The van der Waals surface area contributed by atoms with E-state index < -0.39 is 0 Å². The highest BCUT2D eigenvalue weighted by atomic mass is 16.2. The van der Waals surface area contributed by atoms with Crippen molar-refractivity contribution in [2.75, 3.05) is 31.1 Å². The van der Waals surface area contributed by atoms with Gasteiger partial charge in [-0.3, -0.25) is 14.4 Å². The first kappa shape index (κ1) is 18.9. The fourth-order valence-electron chi connectivity index (χ4n) is 3.74. The summed E-state index contributed by atoms with van der Waals surface area (Å²) in [6, 6.07) is 9.63. The Labute approximate surface area is 158 Å². The zero-order valence-electron chi connectivity index (χ0n) is 15.5. The van der Waals surface area contributed by atoms with Crippen molar-refractivity contribution in [2.24, 2.45) is 11.8 Å². The van der Waals surface area contributed by atoms with Crippen LogP contribution in [0.5, 0.6) is 0 Å². The van der Waals surface area contributed by atoms with Crippen LogP contribution in [0.15, 0.2) is 24.3 Å². The molecule has 142 valence electrons. The van der Waals surface area contributed by atoms with Gasteiger partial charge in [-0.15, -0.1) is 0 Å². The minimum Gasteiger partial charge on any atom is -0.343 e. The lowest BCUT2D eigenvalue weighted by atomic mass is 9.94. The van der Waals surface area contributed by atoms with Crippen LogP contribution >= 0.6 is 0 Å². The first-order chi connectivity index (χ1) is 13.0. The van der Waals surface area contributed by atoms with E-state index in [1.54, 1.807) is 9.80 Å². The molecule has 0 aromatic heterocycles. The molecule has 1 atom stereocenters. The maximum absolute atomic E-state index is 12.8. The van der Waals surface area contributed by atoms with Gasteiger partial charge in [0, 0.05) is 37.7 Å². The number of likely N-dealkylation sites (tertiary alicyclic amines) is 1. The zero-order chi connectivity index (χ0) is 19.4. The number of amides is 3. The number of benzene rings is 1. The number of anilines is 1. The van der Waals surface area contributed by atoms with Crippen molar-refractivity contribution in [2.45, 2.75) is 26.2 Å². The Morgan fingerprint density at radius 3 is 2.48 bits per heavy atom. The highest BCUT2D eigenvalue weighted by molar-refractivity contribution is 6.00. The van der Waals surface area contributed by atoms with Crippen LogP contribution in [-0.4, -0.2) is 48.8 Å². The molecule has 2 aliphatic heterocycles. The number of aryl methyl sites for hydroxylation is 1. The number of nitriles is 1. The summed E-state index contributed by atoms with van der Waals surface area (Å²) in [5, 5.41) is 11.1. The number of nitrogens with zero attached hydrogens (tertiary/aromatic N) is 3. The molecule has 3 rings (SSSR count). The van der Waals surface area contributed by atoms with Crippen molar-refractivity contribution < 1.29 is 14.4 Å². The number of rotatable bonds is 4. The van der Waals surface area contributed by atoms with Gasteiger partial charge in [0.2, 0.25) is 17.7 Å². The van der Waals surface area contributed by atoms with E-state index in [-0.39, 0.29) is 42.5 Å². The summed E-state index contributed by atoms with van der Waals surface area (Å²) in [5.41, 5.74) is 1.95.